The summed E-state index contributed by atoms with van der Waals surface area (Å²) in [5, 5.41) is 16.9. The number of allylic oxidation sites excluding steroid dienone is 1. The van der Waals surface area contributed by atoms with Crippen molar-refractivity contribution in [1.82, 2.24) is 0 Å². The van der Waals surface area contributed by atoms with Crippen LogP contribution in [0.4, 0.5) is 0 Å². The molecule has 4 heteroatoms. The Hall–Kier alpha value is -0.475. The SMILES string of the molecule is CCCCCCCCCCCCCCC/C=C/OB(O)O. The predicted octanol–water partition coefficient (Wildman–Crippen LogP) is 4.97. The molecule has 0 fully saturated rings. The van der Waals surface area contributed by atoms with Gasteiger partial charge in [-0.2, -0.15) is 0 Å². The number of hydrogen-bond donors (Lipinski definition) is 2. The summed E-state index contributed by atoms with van der Waals surface area (Å²) in [5.74, 6) is 0. The topological polar surface area (TPSA) is 49.7 Å². The van der Waals surface area contributed by atoms with E-state index in [0.29, 0.717) is 0 Å². The van der Waals surface area contributed by atoms with Gasteiger partial charge in [0.25, 0.3) is 0 Å². The van der Waals surface area contributed by atoms with Crippen molar-refractivity contribution in [2.24, 2.45) is 0 Å². The molecule has 0 rings (SSSR count). The zero-order chi connectivity index (χ0) is 15.6. The molecule has 3 nitrogen and oxygen atoms in total. The van der Waals surface area contributed by atoms with Gasteiger partial charge in [0, 0.05) is 0 Å². The van der Waals surface area contributed by atoms with Crippen LogP contribution in [-0.4, -0.2) is 17.4 Å². The first kappa shape index (κ1) is 20.5. The molecule has 0 bridgehead atoms. The van der Waals surface area contributed by atoms with Crippen LogP contribution in [0, 0.1) is 0 Å². The molecule has 0 aromatic heterocycles. The lowest BCUT2D eigenvalue weighted by Crippen LogP contribution is -2.12. The van der Waals surface area contributed by atoms with E-state index in [-0.39, 0.29) is 0 Å². The van der Waals surface area contributed by atoms with Gasteiger partial charge in [0.1, 0.15) is 0 Å². The average Bonchev–Trinajstić information content (AvgIpc) is 2.46. The van der Waals surface area contributed by atoms with Gasteiger partial charge >= 0.3 is 7.32 Å². The Kier molecular flexibility index (Phi) is 17.2. The van der Waals surface area contributed by atoms with Gasteiger partial charge in [-0.3, -0.25) is 0 Å². The Labute approximate surface area is 132 Å². The summed E-state index contributed by atoms with van der Waals surface area (Å²) in [4.78, 5) is 0. The van der Waals surface area contributed by atoms with Crippen LogP contribution in [0.2, 0.25) is 0 Å². The lowest BCUT2D eigenvalue weighted by atomic mass is 10.0. The number of unbranched alkanes of at least 4 members (excludes halogenated alkanes) is 13. The summed E-state index contributed by atoms with van der Waals surface area (Å²) in [6.07, 6.45) is 21.9. The fourth-order valence-electron chi connectivity index (χ4n) is 2.47. The fraction of sp³-hybridized carbons (Fsp3) is 0.882. The largest absolute Gasteiger partial charge is 0.707 e. The van der Waals surface area contributed by atoms with Gasteiger partial charge in [-0.05, 0) is 12.8 Å². The number of rotatable bonds is 16. The Balaban J connectivity index is 3.01. The molecule has 0 aromatic carbocycles. The molecule has 0 aliphatic heterocycles. The predicted molar refractivity (Wildman–Crippen MR) is 90.7 cm³/mol. The van der Waals surface area contributed by atoms with E-state index >= 15 is 0 Å². The Morgan fingerprint density at radius 2 is 1.14 bits per heavy atom. The van der Waals surface area contributed by atoms with Crippen molar-refractivity contribution in [2.75, 3.05) is 0 Å². The summed E-state index contributed by atoms with van der Waals surface area (Å²) >= 11 is 0. The Morgan fingerprint density at radius 3 is 1.57 bits per heavy atom. The third kappa shape index (κ3) is 19.5. The lowest BCUT2D eigenvalue weighted by Gasteiger charge is -2.02. The summed E-state index contributed by atoms with van der Waals surface area (Å²) in [7, 11) is -1.69. The van der Waals surface area contributed by atoms with Crippen LogP contribution in [0.15, 0.2) is 12.3 Å². The van der Waals surface area contributed by atoms with Crippen molar-refractivity contribution in [3.8, 4) is 0 Å². The monoisotopic (exact) mass is 298 g/mol. The van der Waals surface area contributed by atoms with Crippen LogP contribution in [0.5, 0.6) is 0 Å². The minimum Gasteiger partial charge on any atom is -0.519 e. The fourth-order valence-corrected chi connectivity index (χ4v) is 2.47. The first-order valence-corrected chi connectivity index (χ1v) is 8.94. The van der Waals surface area contributed by atoms with Crippen LogP contribution in [0.3, 0.4) is 0 Å². The van der Waals surface area contributed by atoms with Crippen molar-refractivity contribution in [3.63, 3.8) is 0 Å². The zero-order valence-electron chi connectivity index (χ0n) is 13.9. The quantitative estimate of drug-likeness (QED) is 0.240. The second-order valence-corrected chi connectivity index (χ2v) is 5.87. The molecule has 0 saturated heterocycles. The van der Waals surface area contributed by atoms with Crippen molar-refractivity contribution < 1.29 is 14.7 Å². The molecule has 0 atom stereocenters. The van der Waals surface area contributed by atoms with E-state index in [0.717, 1.165) is 12.8 Å². The van der Waals surface area contributed by atoms with E-state index in [9.17, 15) is 0 Å². The van der Waals surface area contributed by atoms with Gasteiger partial charge in [0.05, 0.1) is 6.26 Å². The first-order valence-electron chi connectivity index (χ1n) is 8.94. The maximum Gasteiger partial charge on any atom is 0.707 e. The number of hydrogen-bond acceptors (Lipinski definition) is 3. The van der Waals surface area contributed by atoms with Crippen LogP contribution in [0.1, 0.15) is 96.8 Å². The van der Waals surface area contributed by atoms with Crippen molar-refractivity contribution in [1.29, 1.82) is 0 Å². The normalized spacial score (nSPS) is 11.2. The third-order valence-electron chi connectivity index (χ3n) is 3.77. The summed E-state index contributed by atoms with van der Waals surface area (Å²) in [6.45, 7) is 2.27. The summed E-state index contributed by atoms with van der Waals surface area (Å²) in [5.41, 5.74) is 0. The molecule has 0 amide bonds. The molecule has 0 unspecified atom stereocenters. The van der Waals surface area contributed by atoms with Crippen molar-refractivity contribution in [3.05, 3.63) is 12.3 Å². The second-order valence-electron chi connectivity index (χ2n) is 5.87. The minimum absolute atomic E-state index is 0.949. The van der Waals surface area contributed by atoms with E-state index in [1.807, 2.05) is 6.08 Å². The van der Waals surface area contributed by atoms with Gasteiger partial charge in [-0.15, -0.1) is 0 Å². The maximum absolute atomic E-state index is 8.45. The van der Waals surface area contributed by atoms with Crippen molar-refractivity contribution in [2.45, 2.75) is 96.8 Å². The highest BCUT2D eigenvalue weighted by atomic mass is 16.6. The molecular weight excluding hydrogens is 263 g/mol. The van der Waals surface area contributed by atoms with Gasteiger partial charge < -0.3 is 14.7 Å². The Bertz CT molecular complexity index is 220. The van der Waals surface area contributed by atoms with Gasteiger partial charge in [0.2, 0.25) is 0 Å². The lowest BCUT2D eigenvalue weighted by molar-refractivity contribution is 0.256. The van der Waals surface area contributed by atoms with E-state index in [1.165, 1.54) is 83.3 Å². The summed E-state index contributed by atoms with van der Waals surface area (Å²) in [6, 6.07) is 0. The van der Waals surface area contributed by atoms with E-state index in [1.54, 1.807) is 0 Å². The van der Waals surface area contributed by atoms with E-state index in [2.05, 4.69) is 11.6 Å². The Morgan fingerprint density at radius 1 is 0.714 bits per heavy atom. The van der Waals surface area contributed by atoms with Crippen LogP contribution >= 0.6 is 0 Å². The molecule has 124 valence electrons. The second kappa shape index (κ2) is 17.6. The molecule has 0 aliphatic rings. The first-order chi connectivity index (χ1) is 10.3. The molecule has 2 N–H and O–H groups in total. The third-order valence-corrected chi connectivity index (χ3v) is 3.77. The molecule has 21 heavy (non-hydrogen) atoms. The molecule has 0 aromatic rings. The average molecular weight is 298 g/mol. The van der Waals surface area contributed by atoms with Gasteiger partial charge in [-0.1, -0.05) is 90.0 Å². The molecular formula is C17H35BO3. The van der Waals surface area contributed by atoms with Crippen molar-refractivity contribution >= 4 is 7.32 Å². The van der Waals surface area contributed by atoms with Crippen LogP contribution in [-0.2, 0) is 4.65 Å². The van der Waals surface area contributed by atoms with Gasteiger partial charge in [0.15, 0.2) is 0 Å². The highest BCUT2D eigenvalue weighted by Gasteiger charge is 2.05. The molecule has 0 aliphatic carbocycles. The molecule has 0 saturated carbocycles. The van der Waals surface area contributed by atoms with Gasteiger partial charge in [-0.25, -0.2) is 0 Å². The molecule has 0 heterocycles. The highest BCUT2D eigenvalue weighted by molar-refractivity contribution is 6.32. The van der Waals surface area contributed by atoms with Crippen LogP contribution < -0.4 is 0 Å². The standard InChI is InChI=1S/C17H35BO3/c1-2-3-4-5-6-7-8-9-10-11-12-13-14-15-16-17-21-18(19)20/h16-17,19-20H,2-15H2,1H3/b17-16+. The smallest absolute Gasteiger partial charge is 0.519 e. The van der Waals surface area contributed by atoms with E-state index < -0.39 is 7.32 Å². The van der Waals surface area contributed by atoms with Crippen LogP contribution in [0.25, 0.3) is 0 Å². The van der Waals surface area contributed by atoms with E-state index in [4.69, 9.17) is 10.0 Å². The minimum atomic E-state index is -1.69. The maximum atomic E-state index is 8.45. The highest BCUT2D eigenvalue weighted by Crippen LogP contribution is 2.12. The molecule has 0 spiro atoms. The summed E-state index contributed by atoms with van der Waals surface area (Å²) < 4.78 is 4.49. The zero-order valence-corrected chi connectivity index (χ0v) is 13.9. The molecule has 0 radical (unpaired) electrons.